The monoisotopic (exact) mass is 460 g/mol. The SMILES string of the molecule is CCCOc1cc(C)c(-c2cc(CCCc3cnc(N)s3)nc(-c3cnccn3)n2)cc1C. The fourth-order valence-corrected chi connectivity index (χ4v) is 4.33. The molecule has 0 amide bonds. The molecule has 0 spiro atoms. The molecule has 0 aliphatic carbocycles. The van der Waals surface area contributed by atoms with E-state index >= 15 is 0 Å². The van der Waals surface area contributed by atoms with Gasteiger partial charge in [-0.15, -0.1) is 11.3 Å². The zero-order valence-corrected chi connectivity index (χ0v) is 20.0. The fraction of sp³-hybridized carbons (Fsp3) is 0.320. The molecule has 0 fully saturated rings. The molecule has 0 bridgehead atoms. The van der Waals surface area contributed by atoms with Crippen molar-refractivity contribution in [1.82, 2.24) is 24.9 Å². The van der Waals surface area contributed by atoms with Crippen LogP contribution < -0.4 is 10.5 Å². The summed E-state index contributed by atoms with van der Waals surface area (Å²) in [5.74, 6) is 1.51. The number of hydrogen-bond donors (Lipinski definition) is 1. The predicted octanol–water partition coefficient (Wildman–Crippen LogP) is 5.22. The van der Waals surface area contributed by atoms with E-state index in [-0.39, 0.29) is 0 Å². The van der Waals surface area contributed by atoms with Crippen LogP contribution in [-0.2, 0) is 12.8 Å². The van der Waals surface area contributed by atoms with Crippen molar-refractivity contribution in [2.75, 3.05) is 12.3 Å². The first-order valence-corrected chi connectivity index (χ1v) is 11.9. The van der Waals surface area contributed by atoms with Crippen LogP contribution in [0.15, 0.2) is 43.0 Å². The van der Waals surface area contributed by atoms with Crippen LogP contribution in [0.1, 0.15) is 41.5 Å². The van der Waals surface area contributed by atoms with E-state index in [4.69, 9.17) is 20.4 Å². The minimum absolute atomic E-state index is 0.584. The number of ether oxygens (including phenoxy) is 1. The maximum atomic E-state index is 5.91. The highest BCUT2D eigenvalue weighted by Gasteiger charge is 2.14. The van der Waals surface area contributed by atoms with Gasteiger partial charge in [-0.25, -0.2) is 19.9 Å². The summed E-state index contributed by atoms with van der Waals surface area (Å²) in [4.78, 5) is 23.6. The first-order chi connectivity index (χ1) is 16.0. The summed E-state index contributed by atoms with van der Waals surface area (Å²) >= 11 is 1.54. The number of rotatable bonds is 9. The number of aromatic nitrogens is 5. The zero-order valence-electron chi connectivity index (χ0n) is 19.2. The van der Waals surface area contributed by atoms with Crippen molar-refractivity contribution in [3.8, 4) is 28.5 Å². The third-order valence-corrected chi connectivity index (χ3v) is 6.14. The number of nitrogens with zero attached hydrogens (tertiary/aromatic N) is 5. The van der Waals surface area contributed by atoms with E-state index in [1.165, 1.54) is 16.2 Å². The first kappa shape index (κ1) is 22.8. The molecule has 0 aliphatic heterocycles. The summed E-state index contributed by atoms with van der Waals surface area (Å²) < 4.78 is 5.91. The Morgan fingerprint density at radius 1 is 0.939 bits per heavy atom. The second-order valence-electron chi connectivity index (χ2n) is 7.96. The molecule has 2 N–H and O–H groups in total. The number of aryl methyl sites for hydroxylation is 4. The van der Waals surface area contributed by atoms with Crippen LogP contribution in [0.4, 0.5) is 5.13 Å². The summed E-state index contributed by atoms with van der Waals surface area (Å²) in [5, 5.41) is 0.608. The van der Waals surface area contributed by atoms with Crippen LogP contribution in [0.5, 0.6) is 5.75 Å². The van der Waals surface area contributed by atoms with Crippen molar-refractivity contribution >= 4 is 16.5 Å². The van der Waals surface area contributed by atoms with Gasteiger partial charge in [0.1, 0.15) is 11.4 Å². The molecule has 0 radical (unpaired) electrons. The standard InChI is InChI=1S/C25H28N6OS/c1-4-10-32-23-12-16(2)20(11-17(23)3)21-13-18(6-5-7-19-14-29-25(26)33-19)30-24(31-21)22-15-27-8-9-28-22/h8-9,11-15H,4-7,10H2,1-3H3,(H2,26,29). The van der Waals surface area contributed by atoms with Gasteiger partial charge in [0, 0.05) is 34.7 Å². The Labute approximate surface area is 198 Å². The molecule has 0 unspecified atom stereocenters. The van der Waals surface area contributed by atoms with Crippen LogP contribution in [-0.4, -0.2) is 31.5 Å². The van der Waals surface area contributed by atoms with Crippen molar-refractivity contribution in [2.45, 2.75) is 46.5 Å². The second kappa shape index (κ2) is 10.5. The van der Waals surface area contributed by atoms with Gasteiger partial charge in [-0.1, -0.05) is 6.92 Å². The van der Waals surface area contributed by atoms with E-state index in [0.29, 0.717) is 23.3 Å². The molecule has 0 saturated carbocycles. The lowest BCUT2D eigenvalue weighted by molar-refractivity contribution is 0.315. The molecule has 4 aromatic rings. The van der Waals surface area contributed by atoms with Gasteiger partial charge in [0.05, 0.1) is 18.5 Å². The van der Waals surface area contributed by atoms with E-state index in [1.807, 2.05) is 6.20 Å². The Balaban J connectivity index is 1.66. The van der Waals surface area contributed by atoms with E-state index in [9.17, 15) is 0 Å². The van der Waals surface area contributed by atoms with Crippen LogP contribution >= 0.6 is 11.3 Å². The smallest absolute Gasteiger partial charge is 0.180 e. The Bertz CT molecular complexity index is 1230. The van der Waals surface area contributed by atoms with Gasteiger partial charge in [0.25, 0.3) is 0 Å². The predicted molar refractivity (Wildman–Crippen MR) is 132 cm³/mol. The summed E-state index contributed by atoms with van der Waals surface area (Å²) in [6.45, 7) is 6.97. The summed E-state index contributed by atoms with van der Waals surface area (Å²) in [6.07, 6.45) is 10.5. The minimum atomic E-state index is 0.584. The van der Waals surface area contributed by atoms with Gasteiger partial charge in [-0.3, -0.25) is 4.98 Å². The maximum Gasteiger partial charge on any atom is 0.180 e. The Morgan fingerprint density at radius 2 is 1.82 bits per heavy atom. The lowest BCUT2D eigenvalue weighted by Crippen LogP contribution is -2.02. The van der Waals surface area contributed by atoms with Gasteiger partial charge >= 0.3 is 0 Å². The molecule has 1 aromatic carbocycles. The van der Waals surface area contributed by atoms with E-state index in [2.05, 4.69) is 53.9 Å². The number of nitrogens with two attached hydrogens (primary N) is 1. The zero-order chi connectivity index (χ0) is 23.2. The molecule has 0 aliphatic rings. The number of benzene rings is 1. The molecule has 3 heterocycles. The van der Waals surface area contributed by atoms with Crippen molar-refractivity contribution in [1.29, 1.82) is 0 Å². The van der Waals surface area contributed by atoms with Crippen LogP contribution in [0.2, 0.25) is 0 Å². The minimum Gasteiger partial charge on any atom is -0.493 e. The van der Waals surface area contributed by atoms with Gasteiger partial charge < -0.3 is 10.5 Å². The number of anilines is 1. The molecule has 4 rings (SSSR count). The maximum absolute atomic E-state index is 5.91. The molecule has 0 atom stereocenters. The van der Waals surface area contributed by atoms with Crippen LogP contribution in [0.25, 0.3) is 22.8 Å². The largest absolute Gasteiger partial charge is 0.493 e. The average Bonchev–Trinajstić information content (AvgIpc) is 3.24. The number of nitrogen functional groups attached to an aromatic ring is 1. The van der Waals surface area contributed by atoms with Gasteiger partial charge in [-0.2, -0.15) is 0 Å². The van der Waals surface area contributed by atoms with Crippen LogP contribution in [0.3, 0.4) is 0 Å². The highest BCUT2D eigenvalue weighted by atomic mass is 32.1. The van der Waals surface area contributed by atoms with Crippen molar-refractivity contribution < 1.29 is 4.74 Å². The molecular formula is C25H28N6OS. The third kappa shape index (κ3) is 5.70. The summed E-state index contributed by atoms with van der Waals surface area (Å²) in [7, 11) is 0. The van der Waals surface area contributed by atoms with Gasteiger partial charge in [-0.05, 0) is 68.9 Å². The van der Waals surface area contributed by atoms with Crippen LogP contribution in [0, 0.1) is 13.8 Å². The summed E-state index contributed by atoms with van der Waals surface area (Å²) in [5.41, 5.74) is 11.5. The van der Waals surface area contributed by atoms with E-state index in [1.54, 1.807) is 18.6 Å². The highest BCUT2D eigenvalue weighted by molar-refractivity contribution is 7.15. The lowest BCUT2D eigenvalue weighted by atomic mass is 10.0. The summed E-state index contributed by atoms with van der Waals surface area (Å²) in [6, 6.07) is 6.32. The topological polar surface area (TPSA) is 99.7 Å². The lowest BCUT2D eigenvalue weighted by Gasteiger charge is -2.14. The second-order valence-corrected chi connectivity index (χ2v) is 9.11. The molecule has 170 valence electrons. The van der Waals surface area contributed by atoms with Crippen molar-refractivity contribution in [3.63, 3.8) is 0 Å². The first-order valence-electron chi connectivity index (χ1n) is 11.1. The number of hydrogen-bond acceptors (Lipinski definition) is 8. The van der Waals surface area contributed by atoms with Gasteiger partial charge in [0.15, 0.2) is 11.0 Å². The average molecular weight is 461 g/mol. The van der Waals surface area contributed by atoms with E-state index < -0.39 is 0 Å². The Morgan fingerprint density at radius 3 is 2.55 bits per heavy atom. The van der Waals surface area contributed by atoms with Crippen molar-refractivity contribution in [2.24, 2.45) is 0 Å². The molecule has 8 heteroatoms. The molecular weight excluding hydrogens is 432 g/mol. The van der Waals surface area contributed by atoms with Gasteiger partial charge in [0.2, 0.25) is 0 Å². The Kier molecular flexibility index (Phi) is 7.24. The quantitative estimate of drug-likeness (QED) is 0.365. The number of thiazole rings is 1. The fourth-order valence-electron chi connectivity index (χ4n) is 3.61. The molecule has 33 heavy (non-hydrogen) atoms. The highest BCUT2D eigenvalue weighted by Crippen LogP contribution is 2.31. The van der Waals surface area contributed by atoms with Crippen molar-refractivity contribution in [3.05, 3.63) is 64.7 Å². The Hall–Kier alpha value is -3.39. The molecule has 3 aromatic heterocycles. The molecule has 0 saturated heterocycles. The normalized spacial score (nSPS) is 11.0. The molecule has 7 nitrogen and oxygen atoms in total. The van der Waals surface area contributed by atoms with E-state index in [0.717, 1.165) is 59.5 Å². The third-order valence-electron chi connectivity index (χ3n) is 5.26.